The van der Waals surface area contributed by atoms with Gasteiger partial charge in [-0.15, -0.1) is 0 Å². The molecule has 2 rings (SSSR count). The monoisotopic (exact) mass is 299 g/mol. The molecule has 112 valence electrons. The Morgan fingerprint density at radius 1 is 1.40 bits per heavy atom. The second-order valence-electron chi connectivity index (χ2n) is 5.63. The van der Waals surface area contributed by atoms with E-state index >= 15 is 0 Å². The van der Waals surface area contributed by atoms with Crippen LogP contribution < -0.4 is 4.74 Å². The van der Waals surface area contributed by atoms with Crippen molar-refractivity contribution in [2.24, 2.45) is 0 Å². The van der Waals surface area contributed by atoms with Gasteiger partial charge >= 0.3 is 0 Å². The van der Waals surface area contributed by atoms with Crippen LogP contribution in [0.15, 0.2) is 18.2 Å². The lowest BCUT2D eigenvalue weighted by Gasteiger charge is -2.47. The van der Waals surface area contributed by atoms with Crippen molar-refractivity contribution in [1.29, 1.82) is 0 Å². The van der Waals surface area contributed by atoms with Gasteiger partial charge in [0.05, 0.1) is 12.6 Å². The summed E-state index contributed by atoms with van der Waals surface area (Å²) < 4.78 is 6.04. The molecule has 0 radical (unpaired) electrons. The number of aliphatic hydroxyl groups excluding tert-OH is 2. The van der Waals surface area contributed by atoms with Crippen LogP contribution in [0.1, 0.15) is 32.4 Å². The van der Waals surface area contributed by atoms with Gasteiger partial charge in [-0.2, -0.15) is 0 Å². The van der Waals surface area contributed by atoms with E-state index in [4.69, 9.17) is 16.3 Å². The number of halogens is 1. The third-order valence-electron chi connectivity index (χ3n) is 3.86. The van der Waals surface area contributed by atoms with Gasteiger partial charge in [-0.25, -0.2) is 0 Å². The van der Waals surface area contributed by atoms with Crippen molar-refractivity contribution in [3.63, 3.8) is 0 Å². The van der Waals surface area contributed by atoms with E-state index in [1.807, 2.05) is 25.7 Å². The summed E-state index contributed by atoms with van der Waals surface area (Å²) >= 11 is 6.02. The van der Waals surface area contributed by atoms with E-state index in [-0.39, 0.29) is 12.6 Å². The predicted molar refractivity (Wildman–Crippen MR) is 79.2 cm³/mol. The number of hydrogen-bond acceptors (Lipinski definition) is 4. The first-order chi connectivity index (χ1) is 9.40. The van der Waals surface area contributed by atoms with Crippen molar-refractivity contribution >= 4 is 11.6 Å². The van der Waals surface area contributed by atoms with E-state index in [1.54, 1.807) is 18.2 Å². The minimum absolute atomic E-state index is 0.0511. The summed E-state index contributed by atoms with van der Waals surface area (Å²) in [4.78, 5) is 2.04. The smallest absolute Gasteiger partial charge is 0.126 e. The molecule has 0 amide bonds. The fourth-order valence-corrected chi connectivity index (χ4v) is 3.18. The third kappa shape index (κ3) is 2.79. The molecule has 5 heteroatoms. The highest BCUT2D eigenvalue weighted by molar-refractivity contribution is 6.30. The zero-order chi connectivity index (χ0) is 14.9. The molecule has 0 bridgehead atoms. The molecular weight excluding hydrogens is 278 g/mol. The molecule has 0 saturated carbocycles. The van der Waals surface area contributed by atoms with E-state index in [0.29, 0.717) is 22.9 Å². The Bertz CT molecular complexity index is 478. The minimum Gasteiger partial charge on any atom is -0.486 e. The first-order valence-corrected chi connectivity index (χ1v) is 7.30. The Balaban J connectivity index is 2.42. The quantitative estimate of drug-likeness (QED) is 0.895. The van der Waals surface area contributed by atoms with Crippen LogP contribution in [0.3, 0.4) is 0 Å². The third-order valence-corrected chi connectivity index (χ3v) is 4.10. The van der Waals surface area contributed by atoms with Crippen LogP contribution in [0.5, 0.6) is 5.75 Å². The highest BCUT2D eigenvalue weighted by Crippen LogP contribution is 2.42. The summed E-state index contributed by atoms with van der Waals surface area (Å²) in [6.07, 6.45) is -0.695. The number of nitrogens with zero attached hydrogens (tertiary/aromatic N) is 1. The molecule has 1 heterocycles. The van der Waals surface area contributed by atoms with Crippen LogP contribution in [0.25, 0.3) is 0 Å². The van der Waals surface area contributed by atoms with Gasteiger partial charge in [-0.3, -0.25) is 4.90 Å². The van der Waals surface area contributed by atoms with Crippen LogP contribution in [0.2, 0.25) is 5.02 Å². The molecule has 2 unspecified atom stereocenters. The zero-order valence-corrected chi connectivity index (χ0v) is 12.9. The number of fused-ring (bicyclic) bond motifs is 1. The van der Waals surface area contributed by atoms with Crippen molar-refractivity contribution < 1.29 is 14.9 Å². The molecule has 0 saturated heterocycles. The van der Waals surface area contributed by atoms with Crippen LogP contribution in [-0.4, -0.2) is 46.5 Å². The van der Waals surface area contributed by atoms with Crippen molar-refractivity contribution in [1.82, 2.24) is 4.90 Å². The summed E-state index contributed by atoms with van der Waals surface area (Å²) in [5.41, 5.74) is 0.157. The molecule has 1 aliphatic rings. The van der Waals surface area contributed by atoms with Gasteiger partial charge in [0.2, 0.25) is 0 Å². The van der Waals surface area contributed by atoms with E-state index in [9.17, 15) is 10.2 Å². The van der Waals surface area contributed by atoms with Crippen molar-refractivity contribution in [3.05, 3.63) is 28.8 Å². The van der Waals surface area contributed by atoms with Crippen LogP contribution in [0, 0.1) is 0 Å². The summed E-state index contributed by atoms with van der Waals surface area (Å²) in [5.74, 6) is 0.670. The number of rotatable bonds is 4. The zero-order valence-electron chi connectivity index (χ0n) is 12.1. The Hall–Kier alpha value is -0.810. The second-order valence-corrected chi connectivity index (χ2v) is 6.07. The molecule has 1 aromatic rings. The molecule has 1 aromatic carbocycles. The Kier molecular flexibility index (Phi) is 4.59. The lowest BCUT2D eigenvalue weighted by molar-refractivity contribution is -0.0840. The second kappa shape index (κ2) is 5.90. The highest BCUT2D eigenvalue weighted by Gasteiger charge is 2.45. The van der Waals surface area contributed by atoms with Gasteiger partial charge in [0, 0.05) is 17.1 Å². The molecule has 0 aromatic heterocycles. The number of hydrogen-bond donors (Lipinski definition) is 2. The fourth-order valence-electron chi connectivity index (χ4n) is 3.00. The van der Waals surface area contributed by atoms with Gasteiger partial charge in [-0.1, -0.05) is 18.5 Å². The minimum atomic E-state index is -0.695. The Morgan fingerprint density at radius 2 is 2.10 bits per heavy atom. The fraction of sp³-hybridized carbons (Fsp3) is 0.600. The molecule has 2 atom stereocenters. The van der Waals surface area contributed by atoms with Crippen molar-refractivity contribution in [3.8, 4) is 5.75 Å². The highest BCUT2D eigenvalue weighted by atomic mass is 35.5. The van der Waals surface area contributed by atoms with Crippen molar-refractivity contribution in [2.75, 3.05) is 19.7 Å². The first kappa shape index (κ1) is 15.6. The summed E-state index contributed by atoms with van der Waals surface area (Å²) in [7, 11) is 0. The Morgan fingerprint density at radius 3 is 2.70 bits per heavy atom. The lowest BCUT2D eigenvalue weighted by Crippen LogP contribution is -2.58. The van der Waals surface area contributed by atoms with Gasteiger partial charge in [0.1, 0.15) is 17.5 Å². The maximum absolute atomic E-state index is 10.7. The van der Waals surface area contributed by atoms with Crippen LogP contribution in [0.4, 0.5) is 0 Å². The molecule has 4 nitrogen and oxygen atoms in total. The SMILES string of the molecule is CCN(CCO)C1C(O)c2cc(Cl)ccc2OC1(C)C. The van der Waals surface area contributed by atoms with E-state index in [1.165, 1.54) is 0 Å². The van der Waals surface area contributed by atoms with Gasteiger partial charge in [0.15, 0.2) is 0 Å². The Labute approximate surface area is 124 Å². The molecule has 2 N–H and O–H groups in total. The number of likely N-dealkylation sites (N-methyl/N-ethyl adjacent to an activating group) is 1. The number of ether oxygens (including phenoxy) is 1. The standard InChI is InChI=1S/C15H22ClNO3/c1-4-17(7-8-18)14-13(19)11-9-10(16)5-6-12(11)20-15(14,2)3/h5-6,9,13-14,18-19H,4,7-8H2,1-3H3. The molecular formula is C15H22ClNO3. The maximum atomic E-state index is 10.7. The van der Waals surface area contributed by atoms with Crippen LogP contribution in [-0.2, 0) is 0 Å². The van der Waals surface area contributed by atoms with Crippen molar-refractivity contribution in [2.45, 2.75) is 38.5 Å². The van der Waals surface area contributed by atoms with Crippen LogP contribution >= 0.6 is 11.6 Å². The average molecular weight is 300 g/mol. The molecule has 0 aliphatic carbocycles. The van der Waals surface area contributed by atoms with E-state index < -0.39 is 11.7 Å². The lowest BCUT2D eigenvalue weighted by atomic mass is 9.85. The molecule has 0 fully saturated rings. The molecule has 0 spiro atoms. The predicted octanol–water partition coefficient (Wildman–Crippen LogP) is 2.23. The van der Waals surface area contributed by atoms with Gasteiger partial charge in [0.25, 0.3) is 0 Å². The summed E-state index contributed by atoms with van der Waals surface area (Å²) in [5, 5.41) is 20.5. The number of benzene rings is 1. The normalized spacial score (nSPS) is 24.4. The first-order valence-electron chi connectivity index (χ1n) is 6.92. The topological polar surface area (TPSA) is 52.9 Å². The largest absolute Gasteiger partial charge is 0.486 e. The van der Waals surface area contributed by atoms with E-state index in [2.05, 4.69) is 0 Å². The maximum Gasteiger partial charge on any atom is 0.126 e. The molecule has 20 heavy (non-hydrogen) atoms. The summed E-state index contributed by atoms with van der Waals surface area (Å²) in [6, 6.07) is 5.07. The average Bonchev–Trinajstić information content (AvgIpc) is 2.38. The number of aliphatic hydroxyl groups is 2. The summed E-state index contributed by atoms with van der Waals surface area (Å²) in [6.45, 7) is 7.20. The van der Waals surface area contributed by atoms with Gasteiger partial charge in [-0.05, 0) is 38.6 Å². The van der Waals surface area contributed by atoms with E-state index in [0.717, 1.165) is 6.54 Å². The van der Waals surface area contributed by atoms with Gasteiger partial charge < -0.3 is 14.9 Å². The molecule has 1 aliphatic heterocycles.